The highest BCUT2D eigenvalue weighted by molar-refractivity contribution is 5.87. The number of halogens is 1. The Balaban J connectivity index is 0.00000242. The van der Waals surface area contributed by atoms with Crippen molar-refractivity contribution < 1.29 is 9.53 Å². The second-order valence-corrected chi connectivity index (χ2v) is 5.99. The molecule has 2 rings (SSSR count). The standard InChI is InChI=1S/C17H26N2O2.ClH/c1-3-21-13-14-8-7-11-19(12-14)16(20)17(2,18)15-9-5-4-6-10-15;/h4-6,9-10,14H,3,7-8,11-13,18H2,1-2H3;1H. The summed E-state index contributed by atoms with van der Waals surface area (Å²) in [4.78, 5) is 14.7. The summed E-state index contributed by atoms with van der Waals surface area (Å²) < 4.78 is 5.50. The summed E-state index contributed by atoms with van der Waals surface area (Å²) in [6.07, 6.45) is 2.14. The molecule has 2 unspecified atom stereocenters. The molecule has 22 heavy (non-hydrogen) atoms. The minimum atomic E-state index is -0.964. The molecule has 2 atom stereocenters. The molecule has 1 fully saturated rings. The third-order valence-electron chi connectivity index (χ3n) is 4.18. The van der Waals surface area contributed by atoms with E-state index in [0.29, 0.717) is 5.92 Å². The van der Waals surface area contributed by atoms with E-state index in [-0.39, 0.29) is 18.3 Å². The van der Waals surface area contributed by atoms with Crippen molar-refractivity contribution in [2.24, 2.45) is 11.7 Å². The van der Waals surface area contributed by atoms with Crippen LogP contribution in [0.5, 0.6) is 0 Å². The number of hydrogen-bond acceptors (Lipinski definition) is 3. The Morgan fingerprint density at radius 3 is 2.73 bits per heavy atom. The van der Waals surface area contributed by atoms with Crippen molar-refractivity contribution in [3.05, 3.63) is 35.9 Å². The second-order valence-electron chi connectivity index (χ2n) is 5.99. The van der Waals surface area contributed by atoms with Crippen molar-refractivity contribution in [3.63, 3.8) is 0 Å². The SMILES string of the molecule is CCOCC1CCCN(C(=O)C(C)(N)c2ccccc2)C1.Cl. The third-order valence-corrected chi connectivity index (χ3v) is 4.18. The molecule has 1 amide bonds. The van der Waals surface area contributed by atoms with Gasteiger partial charge in [0.15, 0.2) is 0 Å². The van der Waals surface area contributed by atoms with Gasteiger partial charge in [-0.2, -0.15) is 0 Å². The van der Waals surface area contributed by atoms with Gasteiger partial charge in [0, 0.05) is 19.7 Å². The second kappa shape index (κ2) is 8.51. The molecule has 1 heterocycles. The fourth-order valence-corrected chi connectivity index (χ4v) is 2.91. The first-order valence-electron chi connectivity index (χ1n) is 7.77. The predicted octanol–water partition coefficient (Wildman–Crippen LogP) is 2.56. The summed E-state index contributed by atoms with van der Waals surface area (Å²) in [6.45, 7) is 6.80. The van der Waals surface area contributed by atoms with Gasteiger partial charge in [0.2, 0.25) is 5.91 Å². The average molecular weight is 327 g/mol. The zero-order valence-corrected chi connectivity index (χ0v) is 14.3. The molecule has 0 saturated carbocycles. The predicted molar refractivity (Wildman–Crippen MR) is 91.0 cm³/mol. The highest BCUT2D eigenvalue weighted by Crippen LogP contribution is 2.24. The van der Waals surface area contributed by atoms with E-state index in [1.807, 2.05) is 42.2 Å². The minimum Gasteiger partial charge on any atom is -0.381 e. The molecule has 5 heteroatoms. The molecular weight excluding hydrogens is 300 g/mol. The fraction of sp³-hybridized carbons (Fsp3) is 0.588. The highest BCUT2D eigenvalue weighted by atomic mass is 35.5. The van der Waals surface area contributed by atoms with E-state index in [1.54, 1.807) is 6.92 Å². The van der Waals surface area contributed by atoms with Crippen LogP contribution in [0.3, 0.4) is 0 Å². The maximum atomic E-state index is 12.8. The first-order chi connectivity index (χ1) is 10.1. The molecule has 1 saturated heterocycles. The number of piperidine rings is 1. The van der Waals surface area contributed by atoms with E-state index in [1.165, 1.54) is 0 Å². The van der Waals surface area contributed by atoms with Crippen molar-refractivity contribution in [3.8, 4) is 0 Å². The summed E-state index contributed by atoms with van der Waals surface area (Å²) in [5.41, 5.74) is 6.23. The molecule has 0 aliphatic carbocycles. The molecule has 1 aliphatic rings. The molecule has 124 valence electrons. The molecule has 1 aromatic carbocycles. The zero-order valence-electron chi connectivity index (χ0n) is 13.5. The lowest BCUT2D eigenvalue weighted by Crippen LogP contribution is -2.53. The van der Waals surface area contributed by atoms with E-state index in [9.17, 15) is 4.79 Å². The number of benzene rings is 1. The van der Waals surface area contributed by atoms with E-state index < -0.39 is 5.54 Å². The van der Waals surface area contributed by atoms with Crippen molar-refractivity contribution in [1.29, 1.82) is 0 Å². The first kappa shape index (κ1) is 18.9. The zero-order chi connectivity index (χ0) is 15.3. The van der Waals surface area contributed by atoms with Gasteiger partial charge in [0.25, 0.3) is 0 Å². The maximum absolute atomic E-state index is 12.8. The fourth-order valence-electron chi connectivity index (χ4n) is 2.91. The summed E-state index contributed by atoms with van der Waals surface area (Å²) in [5, 5.41) is 0. The number of nitrogens with two attached hydrogens (primary N) is 1. The summed E-state index contributed by atoms with van der Waals surface area (Å²) in [5.74, 6) is 0.434. The van der Waals surface area contributed by atoms with Gasteiger partial charge in [-0.05, 0) is 38.2 Å². The molecule has 0 radical (unpaired) electrons. The quantitative estimate of drug-likeness (QED) is 0.904. The van der Waals surface area contributed by atoms with Gasteiger partial charge in [-0.25, -0.2) is 0 Å². The number of nitrogens with zero attached hydrogens (tertiary/aromatic N) is 1. The normalized spacial score (nSPS) is 20.9. The van der Waals surface area contributed by atoms with Crippen LogP contribution in [0.4, 0.5) is 0 Å². The minimum absolute atomic E-state index is 0. The number of amides is 1. The Kier molecular flexibility index (Phi) is 7.33. The summed E-state index contributed by atoms with van der Waals surface area (Å²) in [6, 6.07) is 9.60. The van der Waals surface area contributed by atoms with Gasteiger partial charge in [-0.3, -0.25) is 4.79 Å². The van der Waals surface area contributed by atoms with Crippen LogP contribution in [0.25, 0.3) is 0 Å². The van der Waals surface area contributed by atoms with Gasteiger partial charge in [0.05, 0.1) is 6.61 Å². The lowest BCUT2D eigenvalue weighted by Gasteiger charge is -2.37. The van der Waals surface area contributed by atoms with E-state index in [4.69, 9.17) is 10.5 Å². The Hall–Kier alpha value is -1.10. The maximum Gasteiger partial charge on any atom is 0.246 e. The lowest BCUT2D eigenvalue weighted by molar-refractivity contribution is -0.139. The van der Waals surface area contributed by atoms with Gasteiger partial charge in [0.1, 0.15) is 5.54 Å². The van der Waals surface area contributed by atoms with Crippen molar-refractivity contribution in [1.82, 2.24) is 4.90 Å². The molecule has 2 N–H and O–H groups in total. The number of likely N-dealkylation sites (tertiary alicyclic amines) is 1. The molecule has 1 aliphatic heterocycles. The van der Waals surface area contributed by atoms with Crippen LogP contribution in [-0.4, -0.2) is 37.1 Å². The highest BCUT2D eigenvalue weighted by Gasteiger charge is 2.36. The molecule has 1 aromatic rings. The average Bonchev–Trinajstić information content (AvgIpc) is 2.53. The van der Waals surface area contributed by atoms with Gasteiger partial charge in [-0.15, -0.1) is 12.4 Å². The summed E-state index contributed by atoms with van der Waals surface area (Å²) in [7, 11) is 0. The van der Waals surface area contributed by atoms with Crippen molar-refractivity contribution in [2.75, 3.05) is 26.3 Å². The number of rotatable bonds is 5. The van der Waals surface area contributed by atoms with Crippen LogP contribution >= 0.6 is 12.4 Å². The number of carbonyl (C=O) groups is 1. The third kappa shape index (κ3) is 4.45. The Labute approximate surface area is 139 Å². The number of ether oxygens (including phenoxy) is 1. The smallest absolute Gasteiger partial charge is 0.246 e. The van der Waals surface area contributed by atoms with Gasteiger partial charge >= 0.3 is 0 Å². The van der Waals surface area contributed by atoms with Crippen LogP contribution in [-0.2, 0) is 15.1 Å². The van der Waals surface area contributed by atoms with Crippen LogP contribution in [0.1, 0.15) is 32.3 Å². The number of hydrogen-bond donors (Lipinski definition) is 1. The van der Waals surface area contributed by atoms with E-state index >= 15 is 0 Å². The molecule has 0 aromatic heterocycles. The molecular formula is C17H27ClN2O2. The monoisotopic (exact) mass is 326 g/mol. The van der Waals surface area contributed by atoms with Gasteiger partial charge in [-0.1, -0.05) is 30.3 Å². The van der Waals surface area contributed by atoms with Gasteiger partial charge < -0.3 is 15.4 Å². The number of carbonyl (C=O) groups excluding carboxylic acids is 1. The largest absolute Gasteiger partial charge is 0.381 e. The molecule has 0 bridgehead atoms. The van der Waals surface area contributed by atoms with Crippen LogP contribution in [0.15, 0.2) is 30.3 Å². The topological polar surface area (TPSA) is 55.6 Å². The van der Waals surface area contributed by atoms with E-state index in [0.717, 1.165) is 44.7 Å². The summed E-state index contributed by atoms with van der Waals surface area (Å²) >= 11 is 0. The van der Waals surface area contributed by atoms with Crippen molar-refractivity contribution in [2.45, 2.75) is 32.2 Å². The van der Waals surface area contributed by atoms with Crippen LogP contribution in [0, 0.1) is 5.92 Å². The molecule has 0 spiro atoms. The van der Waals surface area contributed by atoms with Crippen molar-refractivity contribution >= 4 is 18.3 Å². The Morgan fingerprint density at radius 2 is 2.09 bits per heavy atom. The first-order valence-corrected chi connectivity index (χ1v) is 7.77. The lowest BCUT2D eigenvalue weighted by atomic mass is 9.89. The van der Waals surface area contributed by atoms with Crippen LogP contribution < -0.4 is 5.73 Å². The Bertz CT molecular complexity index is 465. The molecule has 4 nitrogen and oxygen atoms in total. The Morgan fingerprint density at radius 1 is 1.41 bits per heavy atom. The van der Waals surface area contributed by atoms with Crippen LogP contribution in [0.2, 0.25) is 0 Å². The van der Waals surface area contributed by atoms with E-state index in [2.05, 4.69) is 0 Å².